The van der Waals surface area contributed by atoms with E-state index in [0.717, 1.165) is 5.56 Å². The maximum absolute atomic E-state index is 12.6. The Morgan fingerprint density at radius 2 is 1.96 bits per heavy atom. The van der Waals surface area contributed by atoms with Gasteiger partial charge in [-0.25, -0.2) is 0 Å². The lowest BCUT2D eigenvalue weighted by molar-refractivity contribution is -0.128. The molecule has 1 heterocycles. The minimum absolute atomic E-state index is 0.0387. The number of ether oxygens (including phenoxy) is 1. The maximum atomic E-state index is 12.6. The van der Waals surface area contributed by atoms with E-state index < -0.39 is 0 Å². The van der Waals surface area contributed by atoms with E-state index in [9.17, 15) is 9.59 Å². The van der Waals surface area contributed by atoms with Gasteiger partial charge in [0.15, 0.2) is 0 Å². The fourth-order valence-electron chi connectivity index (χ4n) is 3.02. The van der Waals surface area contributed by atoms with Crippen LogP contribution in [0, 0.1) is 5.92 Å². The number of para-hydroxylation sites is 2. The van der Waals surface area contributed by atoms with E-state index in [-0.39, 0.29) is 24.2 Å². The number of carbonyl (C=O) groups excluding carboxylic acids is 2. The highest BCUT2D eigenvalue weighted by Gasteiger charge is 2.34. The van der Waals surface area contributed by atoms with Crippen LogP contribution in [0.3, 0.4) is 0 Å². The summed E-state index contributed by atoms with van der Waals surface area (Å²) < 4.78 is 5.53. The first kappa shape index (κ1) is 18.3. The normalized spacial score (nSPS) is 16.6. The Balaban J connectivity index is 1.65. The van der Waals surface area contributed by atoms with Gasteiger partial charge < -0.3 is 15.0 Å². The number of anilines is 1. The number of likely N-dealkylation sites (tertiary alicyclic amines) is 1. The summed E-state index contributed by atoms with van der Waals surface area (Å²) in [4.78, 5) is 26.6. The Morgan fingerprint density at radius 1 is 1.23 bits per heavy atom. The van der Waals surface area contributed by atoms with Gasteiger partial charge in [0.1, 0.15) is 5.75 Å². The predicted molar refractivity (Wildman–Crippen MR) is 101 cm³/mol. The number of hydrogen-bond donors (Lipinski definition) is 1. The van der Waals surface area contributed by atoms with Crippen LogP contribution in [-0.4, -0.2) is 29.9 Å². The molecule has 3 rings (SSSR count). The van der Waals surface area contributed by atoms with Gasteiger partial charge in [0.2, 0.25) is 11.8 Å². The second-order valence-electron chi connectivity index (χ2n) is 6.19. The average Bonchev–Trinajstić information content (AvgIpc) is 3.00. The largest absolute Gasteiger partial charge is 0.492 e. The van der Waals surface area contributed by atoms with Crippen molar-refractivity contribution in [2.75, 3.05) is 18.5 Å². The number of benzene rings is 2. The Labute approximate surface area is 157 Å². The lowest BCUT2D eigenvalue weighted by Crippen LogP contribution is -2.28. The smallest absolute Gasteiger partial charge is 0.229 e. The van der Waals surface area contributed by atoms with Gasteiger partial charge in [-0.3, -0.25) is 9.59 Å². The van der Waals surface area contributed by atoms with E-state index in [4.69, 9.17) is 16.3 Å². The third kappa shape index (κ3) is 4.17. The van der Waals surface area contributed by atoms with E-state index in [2.05, 4.69) is 5.32 Å². The molecular weight excluding hydrogens is 352 g/mol. The van der Waals surface area contributed by atoms with Crippen molar-refractivity contribution in [2.24, 2.45) is 5.92 Å². The highest BCUT2D eigenvalue weighted by atomic mass is 35.5. The molecule has 6 heteroatoms. The molecular formula is C20H21ClN2O3. The molecule has 1 fully saturated rings. The highest BCUT2D eigenvalue weighted by Crippen LogP contribution is 2.27. The fourth-order valence-corrected chi connectivity index (χ4v) is 3.21. The summed E-state index contributed by atoms with van der Waals surface area (Å²) in [5, 5.41) is 3.51. The van der Waals surface area contributed by atoms with Gasteiger partial charge >= 0.3 is 0 Å². The quantitative estimate of drug-likeness (QED) is 0.840. The zero-order valence-corrected chi connectivity index (χ0v) is 15.3. The molecule has 1 N–H and O–H groups in total. The Kier molecular flexibility index (Phi) is 5.78. The third-order valence-electron chi connectivity index (χ3n) is 4.35. The van der Waals surface area contributed by atoms with Crippen LogP contribution in [0.2, 0.25) is 5.02 Å². The first-order valence-corrected chi connectivity index (χ1v) is 9.00. The molecule has 0 saturated carbocycles. The molecule has 2 aromatic rings. The molecule has 5 nitrogen and oxygen atoms in total. The molecule has 1 saturated heterocycles. The van der Waals surface area contributed by atoms with Crippen molar-refractivity contribution in [3.63, 3.8) is 0 Å². The van der Waals surface area contributed by atoms with Crippen LogP contribution in [0.15, 0.2) is 48.5 Å². The molecule has 1 atom stereocenters. The summed E-state index contributed by atoms with van der Waals surface area (Å²) in [5.74, 6) is 0.0237. The lowest BCUT2D eigenvalue weighted by atomic mass is 10.1. The Morgan fingerprint density at radius 3 is 2.73 bits per heavy atom. The number of hydrogen-bond acceptors (Lipinski definition) is 3. The first-order valence-electron chi connectivity index (χ1n) is 8.62. The minimum Gasteiger partial charge on any atom is -0.492 e. The van der Waals surface area contributed by atoms with Gasteiger partial charge in [0, 0.05) is 24.5 Å². The van der Waals surface area contributed by atoms with Crippen LogP contribution in [-0.2, 0) is 16.1 Å². The molecule has 2 aromatic carbocycles. The number of halogens is 1. The van der Waals surface area contributed by atoms with Crippen LogP contribution >= 0.6 is 11.6 Å². The van der Waals surface area contributed by atoms with Crippen LogP contribution in [0.25, 0.3) is 0 Å². The number of nitrogens with zero attached hydrogens (tertiary/aromatic N) is 1. The van der Waals surface area contributed by atoms with Crippen molar-refractivity contribution in [1.29, 1.82) is 0 Å². The molecule has 0 unspecified atom stereocenters. The van der Waals surface area contributed by atoms with Crippen molar-refractivity contribution >= 4 is 29.1 Å². The summed E-state index contributed by atoms with van der Waals surface area (Å²) in [6.45, 7) is 3.20. The van der Waals surface area contributed by atoms with Crippen molar-refractivity contribution in [1.82, 2.24) is 4.90 Å². The zero-order valence-electron chi connectivity index (χ0n) is 14.6. The van der Waals surface area contributed by atoms with Gasteiger partial charge in [-0.1, -0.05) is 41.9 Å². The van der Waals surface area contributed by atoms with Crippen molar-refractivity contribution in [3.05, 3.63) is 59.1 Å². The summed E-state index contributed by atoms with van der Waals surface area (Å²) in [6.07, 6.45) is 0.201. The second kappa shape index (κ2) is 8.23. The number of carbonyl (C=O) groups is 2. The van der Waals surface area contributed by atoms with Gasteiger partial charge in [-0.2, -0.15) is 0 Å². The average molecular weight is 373 g/mol. The summed E-state index contributed by atoms with van der Waals surface area (Å²) >= 11 is 6.17. The molecule has 0 radical (unpaired) electrons. The van der Waals surface area contributed by atoms with Crippen LogP contribution in [0.1, 0.15) is 18.9 Å². The van der Waals surface area contributed by atoms with E-state index in [1.165, 1.54) is 0 Å². The van der Waals surface area contributed by atoms with Crippen LogP contribution in [0.5, 0.6) is 5.75 Å². The van der Waals surface area contributed by atoms with E-state index in [1.54, 1.807) is 17.0 Å². The van der Waals surface area contributed by atoms with Gasteiger partial charge in [-0.05, 0) is 30.7 Å². The van der Waals surface area contributed by atoms with Crippen molar-refractivity contribution < 1.29 is 14.3 Å². The molecule has 1 aliphatic heterocycles. The summed E-state index contributed by atoms with van der Waals surface area (Å²) in [7, 11) is 0. The van der Waals surface area contributed by atoms with Crippen molar-refractivity contribution in [3.8, 4) is 5.75 Å². The van der Waals surface area contributed by atoms with Gasteiger partial charge in [0.25, 0.3) is 0 Å². The van der Waals surface area contributed by atoms with Gasteiger partial charge in [0.05, 0.1) is 18.2 Å². The number of amides is 2. The SMILES string of the molecule is CCOc1ccccc1NC(=O)[C@@H]1CC(=O)N(Cc2ccccc2Cl)C1. The highest BCUT2D eigenvalue weighted by molar-refractivity contribution is 6.31. The van der Waals surface area contributed by atoms with E-state index in [0.29, 0.717) is 36.2 Å². The second-order valence-corrected chi connectivity index (χ2v) is 6.59. The first-order chi connectivity index (χ1) is 12.6. The molecule has 2 amide bonds. The summed E-state index contributed by atoms with van der Waals surface area (Å²) in [6, 6.07) is 14.7. The molecule has 0 aromatic heterocycles. The molecule has 136 valence electrons. The molecule has 0 aliphatic carbocycles. The molecule has 26 heavy (non-hydrogen) atoms. The Bertz CT molecular complexity index is 809. The van der Waals surface area contributed by atoms with Crippen LogP contribution < -0.4 is 10.1 Å². The zero-order chi connectivity index (χ0) is 18.5. The topological polar surface area (TPSA) is 58.6 Å². The standard InChI is InChI=1S/C20H21ClN2O3/c1-2-26-18-10-6-5-9-17(18)22-20(25)15-11-19(24)23(13-15)12-14-7-3-4-8-16(14)21/h3-10,15H,2,11-13H2,1H3,(H,22,25)/t15-/m1/s1. The number of rotatable bonds is 6. The van der Waals surface area contributed by atoms with Crippen molar-refractivity contribution in [2.45, 2.75) is 19.9 Å². The molecule has 0 bridgehead atoms. The van der Waals surface area contributed by atoms with Gasteiger partial charge in [-0.15, -0.1) is 0 Å². The number of nitrogens with one attached hydrogen (secondary N) is 1. The fraction of sp³-hybridized carbons (Fsp3) is 0.300. The molecule has 1 aliphatic rings. The van der Waals surface area contributed by atoms with E-state index >= 15 is 0 Å². The summed E-state index contributed by atoms with van der Waals surface area (Å²) in [5.41, 5.74) is 1.50. The van der Waals surface area contributed by atoms with E-state index in [1.807, 2.05) is 43.3 Å². The maximum Gasteiger partial charge on any atom is 0.229 e. The third-order valence-corrected chi connectivity index (χ3v) is 4.72. The monoisotopic (exact) mass is 372 g/mol. The van der Waals surface area contributed by atoms with Crippen LogP contribution in [0.4, 0.5) is 5.69 Å². The predicted octanol–water partition coefficient (Wildman–Crippen LogP) is 3.73. The minimum atomic E-state index is -0.389. The lowest BCUT2D eigenvalue weighted by Gasteiger charge is -2.18. The molecule has 0 spiro atoms. The Hall–Kier alpha value is -2.53.